The number of aromatic amines is 2. The fourth-order valence-electron chi connectivity index (χ4n) is 2.75. The average Bonchev–Trinajstić information content (AvgIpc) is 2.98. The third-order valence-corrected chi connectivity index (χ3v) is 4.70. The quantitative estimate of drug-likeness (QED) is 0.865. The van der Waals surface area contributed by atoms with Crippen molar-refractivity contribution in [2.24, 2.45) is 0 Å². The highest BCUT2D eigenvalue weighted by Crippen LogP contribution is 2.30. The smallest absolute Gasteiger partial charge is 0.325 e. The zero-order chi connectivity index (χ0) is 16.6. The topological polar surface area (TPSA) is 86.0 Å². The predicted octanol–water partition coefficient (Wildman–Crippen LogP) is 2.00. The summed E-state index contributed by atoms with van der Waals surface area (Å²) >= 11 is 12.0. The molecule has 3 rings (SSSR count). The number of rotatable bonds is 2. The number of carbonyl (C=O) groups is 1. The van der Waals surface area contributed by atoms with Gasteiger partial charge in [0.2, 0.25) is 0 Å². The van der Waals surface area contributed by atoms with Gasteiger partial charge in [-0.3, -0.25) is 14.6 Å². The Morgan fingerprint density at radius 2 is 2.00 bits per heavy atom. The molecular weight excluding hydrogens is 341 g/mol. The second kappa shape index (κ2) is 6.22. The summed E-state index contributed by atoms with van der Waals surface area (Å²) < 4.78 is 0. The minimum Gasteiger partial charge on any atom is -0.338 e. The van der Waals surface area contributed by atoms with Gasteiger partial charge in [0, 0.05) is 30.8 Å². The molecule has 0 aliphatic carbocycles. The van der Waals surface area contributed by atoms with Crippen LogP contribution in [0.1, 0.15) is 28.4 Å². The lowest BCUT2D eigenvalue weighted by Gasteiger charge is -2.17. The largest absolute Gasteiger partial charge is 0.338 e. The maximum atomic E-state index is 12.6. The molecule has 2 N–H and O–H groups in total. The first kappa shape index (κ1) is 15.8. The van der Waals surface area contributed by atoms with Crippen molar-refractivity contribution in [1.82, 2.24) is 14.9 Å². The van der Waals surface area contributed by atoms with Crippen molar-refractivity contribution >= 4 is 29.1 Å². The Balaban J connectivity index is 1.82. The summed E-state index contributed by atoms with van der Waals surface area (Å²) in [7, 11) is 0. The van der Waals surface area contributed by atoms with Gasteiger partial charge < -0.3 is 9.88 Å². The van der Waals surface area contributed by atoms with Gasteiger partial charge in [-0.1, -0.05) is 29.3 Å². The number of carbonyl (C=O) groups excluding carboxylic acids is 1. The summed E-state index contributed by atoms with van der Waals surface area (Å²) in [5, 5.41) is 0.555. The number of hydrogen-bond acceptors (Lipinski definition) is 3. The molecule has 2 aromatic rings. The molecule has 1 aromatic heterocycles. The van der Waals surface area contributed by atoms with E-state index in [0.717, 1.165) is 0 Å². The summed E-state index contributed by atoms with van der Waals surface area (Å²) in [5.74, 6) is -0.306. The molecule has 23 heavy (non-hydrogen) atoms. The lowest BCUT2D eigenvalue weighted by atomic mass is 10.1. The fraction of sp³-hybridized carbons (Fsp3) is 0.267. The zero-order valence-electron chi connectivity index (χ0n) is 11.9. The van der Waals surface area contributed by atoms with E-state index in [9.17, 15) is 14.4 Å². The van der Waals surface area contributed by atoms with Crippen molar-refractivity contribution in [2.75, 3.05) is 13.1 Å². The lowest BCUT2D eigenvalue weighted by molar-refractivity contribution is 0.0791. The van der Waals surface area contributed by atoms with Crippen LogP contribution in [-0.4, -0.2) is 33.9 Å². The minimum atomic E-state index is -0.546. The fourth-order valence-corrected chi connectivity index (χ4v) is 3.13. The van der Waals surface area contributed by atoms with Crippen LogP contribution in [0.4, 0.5) is 0 Å². The second-order valence-corrected chi connectivity index (χ2v) is 6.17. The molecule has 8 heteroatoms. The number of halogens is 2. The molecule has 120 valence electrons. The Kier molecular flexibility index (Phi) is 4.28. The van der Waals surface area contributed by atoms with Crippen LogP contribution in [0.5, 0.6) is 0 Å². The van der Waals surface area contributed by atoms with Gasteiger partial charge in [0.25, 0.3) is 11.5 Å². The summed E-state index contributed by atoms with van der Waals surface area (Å²) in [6, 6.07) is 6.27. The first-order valence-corrected chi connectivity index (χ1v) is 7.78. The molecule has 1 saturated heterocycles. The third-order valence-electron chi connectivity index (χ3n) is 3.88. The number of nitrogens with one attached hydrogen (secondary N) is 2. The number of H-pyrrole nitrogens is 2. The van der Waals surface area contributed by atoms with Gasteiger partial charge in [-0.15, -0.1) is 0 Å². The summed E-state index contributed by atoms with van der Waals surface area (Å²) in [5.41, 5.74) is -0.118. The number of hydrogen-bond donors (Lipinski definition) is 2. The van der Waals surface area contributed by atoms with Gasteiger partial charge in [-0.25, -0.2) is 4.79 Å². The van der Waals surface area contributed by atoms with E-state index in [0.29, 0.717) is 35.8 Å². The maximum Gasteiger partial charge on any atom is 0.325 e. The van der Waals surface area contributed by atoms with E-state index in [2.05, 4.69) is 9.97 Å². The van der Waals surface area contributed by atoms with E-state index >= 15 is 0 Å². The molecule has 2 heterocycles. The molecule has 1 fully saturated rings. The Labute approximate surface area is 141 Å². The summed E-state index contributed by atoms with van der Waals surface area (Å²) in [4.78, 5) is 41.7. The van der Waals surface area contributed by atoms with E-state index in [1.807, 2.05) is 0 Å². The van der Waals surface area contributed by atoms with Gasteiger partial charge in [0.15, 0.2) is 0 Å². The van der Waals surface area contributed by atoms with E-state index in [1.165, 1.54) is 6.07 Å². The van der Waals surface area contributed by atoms with Crippen molar-refractivity contribution in [1.29, 1.82) is 0 Å². The second-order valence-electron chi connectivity index (χ2n) is 5.38. The zero-order valence-corrected chi connectivity index (χ0v) is 13.4. The van der Waals surface area contributed by atoms with Gasteiger partial charge in [-0.2, -0.15) is 0 Å². The first-order chi connectivity index (χ1) is 11.0. The molecule has 0 spiro atoms. The molecule has 1 unspecified atom stereocenters. The molecule has 0 bridgehead atoms. The highest BCUT2D eigenvalue weighted by molar-refractivity contribution is 6.43. The van der Waals surface area contributed by atoms with E-state index in [-0.39, 0.29) is 16.8 Å². The Morgan fingerprint density at radius 3 is 2.74 bits per heavy atom. The first-order valence-electron chi connectivity index (χ1n) is 7.02. The summed E-state index contributed by atoms with van der Waals surface area (Å²) in [6.45, 7) is 0.919. The molecule has 0 radical (unpaired) electrons. The maximum absolute atomic E-state index is 12.6. The van der Waals surface area contributed by atoms with E-state index in [1.54, 1.807) is 23.1 Å². The van der Waals surface area contributed by atoms with Crippen LogP contribution in [0.15, 0.2) is 33.9 Å². The van der Waals surface area contributed by atoms with Crippen LogP contribution < -0.4 is 11.2 Å². The average molecular weight is 354 g/mol. The SMILES string of the molecule is O=C(c1cccc(Cl)c1Cl)N1CCC(c2cc(=O)[nH]c(=O)[nH]2)C1. The number of benzene rings is 1. The van der Waals surface area contributed by atoms with Crippen LogP contribution in [0, 0.1) is 0 Å². The van der Waals surface area contributed by atoms with Crippen molar-refractivity contribution in [3.05, 3.63) is 66.4 Å². The van der Waals surface area contributed by atoms with Crippen molar-refractivity contribution < 1.29 is 4.79 Å². The normalized spacial score (nSPS) is 17.5. The van der Waals surface area contributed by atoms with Crippen molar-refractivity contribution in [3.8, 4) is 0 Å². The Hall–Kier alpha value is -2.05. The van der Waals surface area contributed by atoms with Crippen LogP contribution in [-0.2, 0) is 0 Å². The highest BCUT2D eigenvalue weighted by Gasteiger charge is 2.30. The highest BCUT2D eigenvalue weighted by atomic mass is 35.5. The molecule has 1 aromatic carbocycles. The van der Waals surface area contributed by atoms with E-state index in [4.69, 9.17) is 23.2 Å². The van der Waals surface area contributed by atoms with Crippen LogP contribution in [0.2, 0.25) is 10.0 Å². The number of likely N-dealkylation sites (tertiary alicyclic amines) is 1. The Morgan fingerprint density at radius 1 is 1.22 bits per heavy atom. The molecule has 1 atom stereocenters. The summed E-state index contributed by atoms with van der Waals surface area (Å²) in [6.07, 6.45) is 0.656. The lowest BCUT2D eigenvalue weighted by Crippen LogP contribution is -2.29. The molecule has 0 saturated carbocycles. The Bertz CT molecular complexity index is 847. The van der Waals surface area contributed by atoms with E-state index < -0.39 is 11.2 Å². The molecule has 1 aliphatic rings. The molecular formula is C15H13Cl2N3O3. The van der Waals surface area contributed by atoms with Gasteiger partial charge in [0.1, 0.15) is 0 Å². The molecule has 1 aliphatic heterocycles. The van der Waals surface area contributed by atoms with Gasteiger partial charge in [0.05, 0.1) is 15.6 Å². The van der Waals surface area contributed by atoms with Crippen LogP contribution >= 0.6 is 23.2 Å². The van der Waals surface area contributed by atoms with Gasteiger partial charge >= 0.3 is 5.69 Å². The monoisotopic (exact) mass is 353 g/mol. The minimum absolute atomic E-state index is 0.0908. The number of amides is 1. The number of nitrogens with zero attached hydrogens (tertiary/aromatic N) is 1. The standard InChI is InChI=1S/C15H13Cl2N3O3/c16-10-3-1-2-9(13(10)17)14(22)20-5-4-8(7-20)11-6-12(21)19-15(23)18-11/h1-3,6,8H,4-5,7H2,(H2,18,19,21,23). The number of aromatic nitrogens is 2. The third kappa shape index (κ3) is 3.18. The predicted molar refractivity (Wildman–Crippen MR) is 87.4 cm³/mol. The van der Waals surface area contributed by atoms with Crippen LogP contribution in [0.3, 0.4) is 0 Å². The van der Waals surface area contributed by atoms with Gasteiger partial charge in [-0.05, 0) is 18.6 Å². The molecule has 6 nitrogen and oxygen atoms in total. The molecule has 1 amide bonds. The van der Waals surface area contributed by atoms with Crippen molar-refractivity contribution in [3.63, 3.8) is 0 Å². The van der Waals surface area contributed by atoms with Crippen molar-refractivity contribution in [2.45, 2.75) is 12.3 Å². The van der Waals surface area contributed by atoms with Crippen LogP contribution in [0.25, 0.3) is 0 Å².